The van der Waals surface area contributed by atoms with Crippen LogP contribution in [0.3, 0.4) is 0 Å². The van der Waals surface area contributed by atoms with E-state index >= 15 is 0 Å². The predicted molar refractivity (Wildman–Crippen MR) is 73.5 cm³/mol. The van der Waals surface area contributed by atoms with Crippen LogP contribution in [-0.4, -0.2) is 19.7 Å². The maximum atomic E-state index is 5.87. The Balaban J connectivity index is 1.56. The van der Waals surface area contributed by atoms with Crippen LogP contribution >= 0.6 is 11.3 Å². The number of ether oxygens (including phenoxy) is 1. The van der Waals surface area contributed by atoms with Crippen LogP contribution in [0.4, 0.5) is 0 Å². The molecule has 1 aromatic heterocycles. The van der Waals surface area contributed by atoms with Crippen molar-refractivity contribution in [3.8, 4) is 0 Å². The summed E-state index contributed by atoms with van der Waals surface area (Å²) in [5, 5.41) is 5.53. The largest absolute Gasteiger partial charge is 0.373 e. The fourth-order valence-corrected chi connectivity index (χ4v) is 3.14. The molecule has 1 aliphatic heterocycles. The first-order chi connectivity index (χ1) is 8.36. The molecule has 1 atom stereocenters. The van der Waals surface area contributed by atoms with E-state index in [1.807, 2.05) is 0 Å². The number of rotatable bonds is 6. The Morgan fingerprint density at radius 3 is 3.00 bits per heavy atom. The molecular weight excluding hydrogens is 230 g/mol. The lowest BCUT2D eigenvalue weighted by Gasteiger charge is -2.22. The molecule has 0 aliphatic carbocycles. The lowest BCUT2D eigenvalue weighted by molar-refractivity contribution is 0.0623. The number of piperidine rings is 1. The van der Waals surface area contributed by atoms with E-state index in [9.17, 15) is 0 Å². The zero-order valence-electron chi connectivity index (χ0n) is 10.7. The highest BCUT2D eigenvalue weighted by Crippen LogP contribution is 2.23. The molecule has 17 heavy (non-hydrogen) atoms. The van der Waals surface area contributed by atoms with Crippen molar-refractivity contribution in [1.82, 2.24) is 5.32 Å². The summed E-state index contributed by atoms with van der Waals surface area (Å²) in [4.78, 5) is 1.34. The lowest BCUT2D eigenvalue weighted by atomic mass is 9.93. The van der Waals surface area contributed by atoms with Gasteiger partial charge in [-0.2, -0.15) is 0 Å². The summed E-state index contributed by atoms with van der Waals surface area (Å²) < 4.78 is 5.87. The first kappa shape index (κ1) is 13.1. The van der Waals surface area contributed by atoms with E-state index in [1.165, 1.54) is 43.6 Å². The summed E-state index contributed by atoms with van der Waals surface area (Å²) in [7, 11) is 0. The molecule has 2 rings (SSSR count). The van der Waals surface area contributed by atoms with Crippen LogP contribution in [0.5, 0.6) is 0 Å². The minimum absolute atomic E-state index is 0.267. The van der Waals surface area contributed by atoms with Crippen molar-refractivity contribution in [1.29, 1.82) is 0 Å². The number of hydrogen-bond donors (Lipinski definition) is 1. The van der Waals surface area contributed by atoms with Crippen LogP contribution in [0.15, 0.2) is 17.5 Å². The fourth-order valence-electron chi connectivity index (χ4n) is 2.41. The Morgan fingerprint density at radius 2 is 2.29 bits per heavy atom. The van der Waals surface area contributed by atoms with Gasteiger partial charge in [-0.15, -0.1) is 11.3 Å². The van der Waals surface area contributed by atoms with Gasteiger partial charge in [-0.3, -0.25) is 0 Å². The minimum atomic E-state index is 0.267. The zero-order chi connectivity index (χ0) is 11.9. The van der Waals surface area contributed by atoms with Gasteiger partial charge in [0, 0.05) is 11.5 Å². The molecule has 0 unspecified atom stereocenters. The molecule has 1 fully saturated rings. The maximum Gasteiger partial charge on any atom is 0.0888 e. The van der Waals surface area contributed by atoms with E-state index in [0.717, 1.165) is 12.5 Å². The Labute approximate surface area is 108 Å². The molecule has 1 aromatic rings. The van der Waals surface area contributed by atoms with Gasteiger partial charge < -0.3 is 10.1 Å². The van der Waals surface area contributed by atoms with Crippen LogP contribution in [0, 0.1) is 5.92 Å². The monoisotopic (exact) mass is 253 g/mol. The molecule has 0 radical (unpaired) electrons. The van der Waals surface area contributed by atoms with E-state index in [0.29, 0.717) is 0 Å². The quantitative estimate of drug-likeness (QED) is 0.782. The van der Waals surface area contributed by atoms with Gasteiger partial charge in [0.2, 0.25) is 0 Å². The van der Waals surface area contributed by atoms with Crippen LogP contribution in [0.2, 0.25) is 0 Å². The van der Waals surface area contributed by atoms with Crippen molar-refractivity contribution in [3.63, 3.8) is 0 Å². The van der Waals surface area contributed by atoms with Gasteiger partial charge >= 0.3 is 0 Å². The molecule has 1 aliphatic rings. The summed E-state index contributed by atoms with van der Waals surface area (Å²) >= 11 is 1.78. The second-order valence-corrected chi connectivity index (χ2v) is 5.84. The number of nitrogens with one attached hydrogen (secondary N) is 1. The highest BCUT2D eigenvalue weighted by molar-refractivity contribution is 7.10. The van der Waals surface area contributed by atoms with E-state index in [2.05, 4.69) is 29.8 Å². The van der Waals surface area contributed by atoms with E-state index < -0.39 is 0 Å². The van der Waals surface area contributed by atoms with Gasteiger partial charge in [-0.1, -0.05) is 6.07 Å². The predicted octanol–water partition coefficient (Wildman–Crippen LogP) is 3.61. The Bertz CT molecular complexity index is 293. The molecule has 0 saturated carbocycles. The van der Waals surface area contributed by atoms with Crippen LogP contribution < -0.4 is 5.32 Å². The minimum Gasteiger partial charge on any atom is -0.373 e. The Morgan fingerprint density at radius 1 is 1.47 bits per heavy atom. The van der Waals surface area contributed by atoms with Crippen LogP contribution in [-0.2, 0) is 4.74 Å². The first-order valence-electron chi connectivity index (χ1n) is 6.72. The second kappa shape index (κ2) is 7.14. The van der Waals surface area contributed by atoms with Gasteiger partial charge in [-0.25, -0.2) is 0 Å². The molecule has 1 saturated heterocycles. The SMILES string of the molecule is C[C@@H](OCCCC1CCNCC1)c1cccs1. The molecule has 0 amide bonds. The first-order valence-corrected chi connectivity index (χ1v) is 7.60. The van der Waals surface area contributed by atoms with Gasteiger partial charge in [0.25, 0.3) is 0 Å². The smallest absolute Gasteiger partial charge is 0.0888 e. The van der Waals surface area contributed by atoms with Crippen LogP contribution in [0.1, 0.15) is 43.6 Å². The summed E-state index contributed by atoms with van der Waals surface area (Å²) in [6.07, 6.45) is 5.50. The fraction of sp³-hybridized carbons (Fsp3) is 0.714. The molecule has 0 aromatic carbocycles. The highest BCUT2D eigenvalue weighted by Gasteiger charge is 2.12. The topological polar surface area (TPSA) is 21.3 Å². The van der Waals surface area contributed by atoms with Gasteiger partial charge in [0.05, 0.1) is 6.10 Å². The van der Waals surface area contributed by atoms with Crippen molar-refractivity contribution in [2.24, 2.45) is 5.92 Å². The lowest BCUT2D eigenvalue weighted by Crippen LogP contribution is -2.27. The third-order valence-electron chi connectivity index (χ3n) is 3.53. The summed E-state index contributed by atoms with van der Waals surface area (Å²) in [5.74, 6) is 0.928. The molecule has 3 heteroatoms. The third-order valence-corrected chi connectivity index (χ3v) is 4.56. The standard InChI is InChI=1S/C14H23NOS/c1-12(14-5-3-11-17-14)16-10-2-4-13-6-8-15-9-7-13/h3,5,11-13,15H,2,4,6-10H2,1H3/t12-/m1/s1. The van der Waals surface area contributed by atoms with E-state index in [4.69, 9.17) is 4.74 Å². The summed E-state index contributed by atoms with van der Waals surface area (Å²) in [6, 6.07) is 4.25. The van der Waals surface area contributed by atoms with Gasteiger partial charge in [-0.05, 0) is 63.1 Å². The molecule has 0 bridgehead atoms. The average molecular weight is 253 g/mol. The highest BCUT2D eigenvalue weighted by atomic mass is 32.1. The van der Waals surface area contributed by atoms with Crippen molar-refractivity contribution in [3.05, 3.63) is 22.4 Å². The van der Waals surface area contributed by atoms with Crippen molar-refractivity contribution in [2.45, 2.75) is 38.7 Å². The zero-order valence-corrected chi connectivity index (χ0v) is 11.5. The van der Waals surface area contributed by atoms with Crippen molar-refractivity contribution in [2.75, 3.05) is 19.7 Å². The van der Waals surface area contributed by atoms with Gasteiger partial charge in [0.15, 0.2) is 0 Å². The molecular formula is C14H23NOS. The molecule has 1 N–H and O–H groups in total. The maximum absolute atomic E-state index is 5.87. The van der Waals surface area contributed by atoms with Crippen molar-refractivity contribution < 1.29 is 4.74 Å². The average Bonchev–Trinajstić information content (AvgIpc) is 2.89. The van der Waals surface area contributed by atoms with E-state index in [-0.39, 0.29) is 6.10 Å². The third kappa shape index (κ3) is 4.41. The Hall–Kier alpha value is -0.380. The second-order valence-electron chi connectivity index (χ2n) is 4.86. The molecule has 2 nitrogen and oxygen atoms in total. The number of thiophene rings is 1. The normalized spacial score (nSPS) is 19.4. The number of hydrogen-bond acceptors (Lipinski definition) is 3. The molecule has 0 spiro atoms. The molecule has 96 valence electrons. The molecule has 2 heterocycles. The van der Waals surface area contributed by atoms with Crippen molar-refractivity contribution >= 4 is 11.3 Å². The van der Waals surface area contributed by atoms with Crippen LogP contribution in [0.25, 0.3) is 0 Å². The van der Waals surface area contributed by atoms with Gasteiger partial charge in [0.1, 0.15) is 0 Å². The summed E-state index contributed by atoms with van der Waals surface area (Å²) in [5.41, 5.74) is 0. The summed E-state index contributed by atoms with van der Waals surface area (Å²) in [6.45, 7) is 5.47. The Kier molecular flexibility index (Phi) is 5.49. The van der Waals surface area contributed by atoms with E-state index in [1.54, 1.807) is 11.3 Å².